The fraction of sp³-hybridized carbons (Fsp3) is 0.607. The zero-order chi connectivity index (χ0) is 25.5. The molecular weight excluding hydrogens is 444 g/mol. The lowest BCUT2D eigenvalue weighted by atomic mass is 9.61. The Labute approximate surface area is 206 Å². The van der Waals surface area contributed by atoms with Crippen LogP contribution in [0.2, 0.25) is 18.1 Å². The average Bonchev–Trinajstić information content (AvgIpc) is 3.03. The van der Waals surface area contributed by atoms with E-state index in [2.05, 4.69) is 60.7 Å². The van der Waals surface area contributed by atoms with Gasteiger partial charge in [0.25, 0.3) is 0 Å². The van der Waals surface area contributed by atoms with E-state index in [1.165, 1.54) is 5.57 Å². The molecule has 1 aromatic carbocycles. The maximum Gasteiger partial charge on any atom is 0.341 e. The van der Waals surface area contributed by atoms with E-state index in [1.807, 2.05) is 30.3 Å². The Morgan fingerprint density at radius 1 is 1.24 bits per heavy atom. The van der Waals surface area contributed by atoms with Gasteiger partial charge in [-0.05, 0) is 43.0 Å². The third kappa shape index (κ3) is 4.52. The number of methoxy groups -OCH3 is 1. The molecule has 1 aliphatic carbocycles. The van der Waals surface area contributed by atoms with Gasteiger partial charge in [0.05, 0.1) is 7.11 Å². The summed E-state index contributed by atoms with van der Waals surface area (Å²) in [6, 6.07) is 9.19. The van der Waals surface area contributed by atoms with Crippen LogP contribution in [0.25, 0.3) is 0 Å². The Kier molecular flexibility index (Phi) is 7.29. The van der Waals surface area contributed by atoms with Crippen LogP contribution in [0.1, 0.15) is 66.1 Å². The van der Waals surface area contributed by atoms with Gasteiger partial charge in [0.15, 0.2) is 19.7 Å². The second-order valence-electron chi connectivity index (χ2n) is 11.7. The lowest BCUT2D eigenvalue weighted by Gasteiger charge is -2.49. The van der Waals surface area contributed by atoms with Gasteiger partial charge in [0, 0.05) is 18.4 Å². The largest absolute Gasteiger partial charge is 0.496 e. The Bertz CT molecular complexity index is 974. The van der Waals surface area contributed by atoms with Crippen molar-refractivity contribution in [3.8, 4) is 0 Å². The maximum absolute atomic E-state index is 13.3. The van der Waals surface area contributed by atoms with Gasteiger partial charge in [-0.3, -0.25) is 0 Å². The summed E-state index contributed by atoms with van der Waals surface area (Å²) >= 11 is 0. The number of ether oxygens (including phenoxy) is 2. The normalized spacial score (nSPS) is 28.7. The zero-order valence-corrected chi connectivity index (χ0v) is 23.3. The molecule has 0 bridgehead atoms. The highest BCUT2D eigenvalue weighted by Gasteiger charge is 2.62. The van der Waals surface area contributed by atoms with E-state index >= 15 is 0 Å². The van der Waals surface area contributed by atoms with Crippen molar-refractivity contribution in [1.29, 1.82) is 0 Å². The minimum atomic E-state index is -1.93. The highest BCUT2D eigenvalue weighted by Crippen LogP contribution is 2.57. The predicted octanol–water partition coefficient (Wildman–Crippen LogP) is 6.32. The molecule has 1 heterocycles. The van der Waals surface area contributed by atoms with Gasteiger partial charge in [-0.15, -0.1) is 0 Å². The molecule has 4 atom stereocenters. The summed E-state index contributed by atoms with van der Waals surface area (Å²) in [4.78, 5) is 13.3. The van der Waals surface area contributed by atoms with Crippen molar-refractivity contribution in [2.75, 3.05) is 13.7 Å². The molecule has 34 heavy (non-hydrogen) atoms. The van der Waals surface area contributed by atoms with E-state index in [1.54, 1.807) is 7.11 Å². The molecule has 1 unspecified atom stereocenters. The van der Waals surface area contributed by atoms with Crippen LogP contribution in [0, 0.1) is 11.3 Å². The van der Waals surface area contributed by atoms with E-state index in [0.29, 0.717) is 30.8 Å². The van der Waals surface area contributed by atoms with Gasteiger partial charge in [-0.1, -0.05) is 76.6 Å². The minimum Gasteiger partial charge on any atom is -0.496 e. The van der Waals surface area contributed by atoms with E-state index in [9.17, 15) is 9.90 Å². The van der Waals surface area contributed by atoms with E-state index in [-0.39, 0.29) is 16.5 Å². The number of carbonyl (C=O) groups excluding carboxylic acids is 1. The Hall–Kier alpha value is -1.89. The molecule has 1 aromatic rings. The molecule has 0 saturated heterocycles. The van der Waals surface area contributed by atoms with Crippen molar-refractivity contribution in [3.05, 3.63) is 58.9 Å². The molecule has 5 nitrogen and oxygen atoms in total. The van der Waals surface area contributed by atoms with E-state index in [0.717, 1.165) is 0 Å². The number of hydrogen-bond donors (Lipinski definition) is 1. The number of aliphatic hydroxyl groups is 1. The van der Waals surface area contributed by atoms with Crippen molar-refractivity contribution < 1.29 is 23.8 Å². The lowest BCUT2D eigenvalue weighted by Crippen LogP contribution is -2.52. The molecular formula is C28H42O5Si. The maximum atomic E-state index is 13.3. The molecule has 1 aliphatic heterocycles. The molecule has 1 spiro atoms. The Balaban J connectivity index is 2.04. The SMILES string of the molecule is COC1=C(C(O)c2ccccc2)C(=O)O[C@@]12C[C@H](C)C(C)=C[C@]2(C)CCO[Si](C)(C)C(C)(C)C. The van der Waals surface area contributed by atoms with Crippen LogP contribution in [0.4, 0.5) is 0 Å². The number of benzene rings is 1. The topological polar surface area (TPSA) is 65.0 Å². The van der Waals surface area contributed by atoms with E-state index < -0.39 is 31.4 Å². The van der Waals surface area contributed by atoms with Crippen molar-refractivity contribution in [3.63, 3.8) is 0 Å². The standard InChI is InChI=1S/C28H42O5Si/c1-19-17-27(6,15-16-32-34(8,9)26(3,4)5)28(18-20(19)2)24(31-7)22(25(30)33-28)23(29)21-13-11-10-12-14-21/h10-14,17,20,23,29H,15-16,18H2,1-9H3/t20-,23?,27-,28-/m0/s1. The summed E-state index contributed by atoms with van der Waals surface area (Å²) < 4.78 is 18.7. The van der Waals surface area contributed by atoms with Gasteiger partial charge >= 0.3 is 5.97 Å². The van der Waals surface area contributed by atoms with Crippen molar-refractivity contribution in [2.45, 2.75) is 84.2 Å². The summed E-state index contributed by atoms with van der Waals surface area (Å²) in [6.07, 6.45) is 2.41. The van der Waals surface area contributed by atoms with Crippen molar-refractivity contribution in [1.82, 2.24) is 0 Å². The van der Waals surface area contributed by atoms with Gasteiger partial charge in [0.1, 0.15) is 11.7 Å². The smallest absolute Gasteiger partial charge is 0.341 e. The summed E-state index contributed by atoms with van der Waals surface area (Å²) in [5, 5.41) is 11.3. The van der Waals surface area contributed by atoms with Gasteiger partial charge < -0.3 is 19.0 Å². The number of carbonyl (C=O) groups is 1. The fourth-order valence-corrected chi connectivity index (χ4v) is 6.03. The highest BCUT2D eigenvalue weighted by atomic mass is 28.4. The van der Waals surface area contributed by atoms with Crippen LogP contribution in [0.5, 0.6) is 0 Å². The van der Waals surface area contributed by atoms with E-state index in [4.69, 9.17) is 13.9 Å². The Morgan fingerprint density at radius 3 is 2.41 bits per heavy atom. The summed E-state index contributed by atoms with van der Waals surface area (Å²) in [5.74, 6) is 0.143. The van der Waals surface area contributed by atoms with Gasteiger partial charge in [-0.25, -0.2) is 4.79 Å². The molecule has 0 radical (unpaired) electrons. The summed E-state index contributed by atoms with van der Waals surface area (Å²) in [5.41, 5.74) is 0.583. The number of aliphatic hydroxyl groups excluding tert-OH is 1. The third-order valence-electron chi connectivity index (χ3n) is 8.42. The molecule has 6 heteroatoms. The van der Waals surface area contributed by atoms with Crippen LogP contribution < -0.4 is 0 Å². The molecule has 1 N–H and O–H groups in total. The van der Waals surface area contributed by atoms with Crippen LogP contribution >= 0.6 is 0 Å². The number of rotatable bonds is 7. The lowest BCUT2D eigenvalue weighted by molar-refractivity contribution is -0.163. The van der Waals surface area contributed by atoms with Crippen LogP contribution in [-0.4, -0.2) is 38.7 Å². The average molecular weight is 487 g/mol. The molecule has 188 valence electrons. The van der Waals surface area contributed by atoms with Crippen LogP contribution in [-0.2, 0) is 18.7 Å². The van der Waals surface area contributed by atoms with Gasteiger partial charge in [0.2, 0.25) is 0 Å². The fourth-order valence-electron chi connectivity index (χ4n) is 4.99. The second-order valence-corrected chi connectivity index (χ2v) is 16.6. The monoisotopic (exact) mass is 486 g/mol. The quantitative estimate of drug-likeness (QED) is 0.277. The second kappa shape index (κ2) is 9.28. The number of allylic oxidation sites excluding steroid dienone is 1. The van der Waals surface area contributed by atoms with Crippen molar-refractivity contribution in [2.24, 2.45) is 11.3 Å². The first kappa shape index (κ1) is 26.7. The van der Waals surface area contributed by atoms with Crippen molar-refractivity contribution >= 4 is 14.3 Å². The molecule has 0 aromatic heterocycles. The molecule has 0 fully saturated rings. The van der Waals surface area contributed by atoms with Gasteiger partial charge in [-0.2, -0.15) is 0 Å². The number of hydrogen-bond acceptors (Lipinski definition) is 5. The summed E-state index contributed by atoms with van der Waals surface area (Å²) in [7, 11) is -0.361. The minimum absolute atomic E-state index is 0.114. The summed E-state index contributed by atoms with van der Waals surface area (Å²) in [6.45, 7) is 18.2. The predicted molar refractivity (Wildman–Crippen MR) is 138 cm³/mol. The first-order valence-corrected chi connectivity index (χ1v) is 15.2. The third-order valence-corrected chi connectivity index (χ3v) is 13.0. The first-order chi connectivity index (χ1) is 15.7. The highest BCUT2D eigenvalue weighted by molar-refractivity contribution is 6.74. The number of esters is 1. The molecule has 3 rings (SSSR count). The molecule has 0 amide bonds. The van der Waals surface area contributed by atoms with Crippen LogP contribution in [0.15, 0.2) is 53.3 Å². The Morgan fingerprint density at radius 2 is 1.85 bits per heavy atom. The van der Waals surface area contributed by atoms with Crippen LogP contribution in [0.3, 0.4) is 0 Å². The first-order valence-electron chi connectivity index (χ1n) is 12.3. The molecule has 0 saturated carbocycles. The molecule has 2 aliphatic rings. The zero-order valence-electron chi connectivity index (χ0n) is 22.3.